The van der Waals surface area contributed by atoms with E-state index in [0.717, 1.165) is 15.4 Å². The molecule has 0 saturated carbocycles. The number of nitriles is 1. The van der Waals surface area contributed by atoms with E-state index < -0.39 is 11.6 Å². The van der Waals surface area contributed by atoms with E-state index in [1.54, 1.807) is 19.2 Å². The van der Waals surface area contributed by atoms with Crippen LogP contribution in [-0.2, 0) is 9.53 Å². The zero-order valence-electron chi connectivity index (χ0n) is 15.2. The molecule has 0 spiro atoms. The molecule has 0 radical (unpaired) electrons. The quantitative estimate of drug-likeness (QED) is 0.742. The highest BCUT2D eigenvalue weighted by Gasteiger charge is 2.32. The summed E-state index contributed by atoms with van der Waals surface area (Å²) >= 11 is 3.40. The Balaban J connectivity index is 2.22. The molecule has 26 heavy (non-hydrogen) atoms. The average Bonchev–Trinajstić information content (AvgIpc) is 2.59. The van der Waals surface area contributed by atoms with Crippen LogP contribution >= 0.6 is 15.9 Å². The lowest BCUT2D eigenvalue weighted by Gasteiger charge is -2.27. The van der Waals surface area contributed by atoms with Crippen LogP contribution in [0, 0.1) is 17.2 Å². The molecule has 2 atom stereocenters. The van der Waals surface area contributed by atoms with Crippen molar-refractivity contribution < 1.29 is 14.3 Å². The number of halogens is 1. The predicted molar refractivity (Wildman–Crippen MR) is 103 cm³/mol. The number of carbonyl (C=O) groups is 1. The van der Waals surface area contributed by atoms with Crippen LogP contribution in [0.5, 0.6) is 5.75 Å². The third kappa shape index (κ3) is 4.93. The van der Waals surface area contributed by atoms with Gasteiger partial charge in [-0.1, -0.05) is 13.8 Å². The SMILES string of the molecule is COCC(C)(C#N)NC(=O)C(Oc1ccc2ncc(Br)cc2c1)C(C)C. The standard InChI is InChI=1S/C19H22BrN3O3/c1-12(2)17(18(24)23-19(3,10-21)11-25-4)26-15-5-6-16-13(8-15)7-14(20)9-22-16/h5-9,12,17H,11H2,1-4H3,(H,23,24). The van der Waals surface area contributed by atoms with Crippen molar-refractivity contribution in [2.24, 2.45) is 5.92 Å². The van der Waals surface area contributed by atoms with Crippen molar-refractivity contribution in [2.45, 2.75) is 32.4 Å². The number of pyridine rings is 1. The zero-order valence-corrected chi connectivity index (χ0v) is 16.8. The number of ether oxygens (including phenoxy) is 2. The van der Waals surface area contributed by atoms with Crippen LogP contribution in [0.15, 0.2) is 34.9 Å². The van der Waals surface area contributed by atoms with Gasteiger partial charge in [0.15, 0.2) is 6.10 Å². The van der Waals surface area contributed by atoms with Gasteiger partial charge in [0, 0.05) is 23.2 Å². The Hall–Kier alpha value is -2.17. The number of nitrogens with one attached hydrogen (secondary N) is 1. The highest BCUT2D eigenvalue weighted by Crippen LogP contribution is 2.24. The summed E-state index contributed by atoms with van der Waals surface area (Å²) in [6, 6.07) is 9.48. The Morgan fingerprint density at radius 1 is 1.42 bits per heavy atom. The third-order valence-electron chi connectivity index (χ3n) is 3.83. The molecule has 0 fully saturated rings. The van der Waals surface area contributed by atoms with Gasteiger partial charge in [-0.3, -0.25) is 9.78 Å². The molecule has 2 rings (SSSR count). The number of nitrogens with zero attached hydrogens (tertiary/aromatic N) is 2. The van der Waals surface area contributed by atoms with E-state index >= 15 is 0 Å². The summed E-state index contributed by atoms with van der Waals surface area (Å²) in [5.74, 6) is 0.127. The van der Waals surface area contributed by atoms with Crippen LogP contribution in [-0.4, -0.2) is 36.3 Å². The second-order valence-electron chi connectivity index (χ2n) is 6.66. The molecule has 1 amide bonds. The van der Waals surface area contributed by atoms with E-state index in [1.807, 2.05) is 32.0 Å². The molecule has 1 heterocycles. The van der Waals surface area contributed by atoms with Gasteiger partial charge >= 0.3 is 0 Å². The summed E-state index contributed by atoms with van der Waals surface area (Å²) < 4.78 is 11.8. The summed E-state index contributed by atoms with van der Waals surface area (Å²) in [4.78, 5) is 17.0. The van der Waals surface area contributed by atoms with Crippen LogP contribution in [0.1, 0.15) is 20.8 Å². The fourth-order valence-electron chi connectivity index (χ4n) is 2.52. The maximum atomic E-state index is 12.7. The Kier molecular flexibility index (Phi) is 6.57. The van der Waals surface area contributed by atoms with Gasteiger partial charge in [0.25, 0.3) is 5.91 Å². The maximum Gasteiger partial charge on any atom is 0.262 e. The van der Waals surface area contributed by atoms with Crippen LogP contribution < -0.4 is 10.1 Å². The molecule has 1 aromatic heterocycles. The highest BCUT2D eigenvalue weighted by atomic mass is 79.9. The fourth-order valence-corrected chi connectivity index (χ4v) is 2.87. The molecule has 1 aromatic carbocycles. The molecule has 7 heteroatoms. The molecule has 0 aliphatic carbocycles. The number of benzene rings is 1. The van der Waals surface area contributed by atoms with Gasteiger partial charge in [0.1, 0.15) is 11.3 Å². The highest BCUT2D eigenvalue weighted by molar-refractivity contribution is 9.10. The zero-order chi connectivity index (χ0) is 19.3. The summed E-state index contributed by atoms with van der Waals surface area (Å²) in [6.45, 7) is 5.49. The number of hydrogen-bond donors (Lipinski definition) is 1. The third-order valence-corrected chi connectivity index (χ3v) is 4.26. The summed E-state index contributed by atoms with van der Waals surface area (Å²) in [5, 5.41) is 12.9. The van der Waals surface area contributed by atoms with E-state index in [1.165, 1.54) is 7.11 Å². The van der Waals surface area contributed by atoms with E-state index in [2.05, 4.69) is 32.3 Å². The van der Waals surface area contributed by atoms with Gasteiger partial charge in [-0.05, 0) is 53.0 Å². The Labute approximate surface area is 161 Å². The van der Waals surface area contributed by atoms with Crippen molar-refractivity contribution in [1.82, 2.24) is 10.3 Å². The van der Waals surface area contributed by atoms with Gasteiger partial charge in [0.05, 0.1) is 18.2 Å². The molecule has 1 N–H and O–H groups in total. The Morgan fingerprint density at radius 2 is 2.15 bits per heavy atom. The lowest BCUT2D eigenvalue weighted by Crippen LogP contribution is -2.54. The monoisotopic (exact) mass is 419 g/mol. The van der Waals surface area contributed by atoms with Gasteiger partial charge in [-0.2, -0.15) is 5.26 Å². The van der Waals surface area contributed by atoms with E-state index in [0.29, 0.717) is 5.75 Å². The number of rotatable bonds is 7. The van der Waals surface area contributed by atoms with Gasteiger partial charge < -0.3 is 14.8 Å². The molecule has 0 bridgehead atoms. The van der Waals surface area contributed by atoms with Crippen LogP contribution in [0.4, 0.5) is 0 Å². The molecule has 6 nitrogen and oxygen atoms in total. The molecule has 2 unspecified atom stereocenters. The summed E-state index contributed by atoms with van der Waals surface area (Å²) in [6.07, 6.45) is 0.989. The second-order valence-corrected chi connectivity index (χ2v) is 7.57. The minimum atomic E-state index is -1.11. The first-order valence-corrected chi connectivity index (χ1v) is 9.01. The van der Waals surface area contributed by atoms with Crippen molar-refractivity contribution in [1.29, 1.82) is 5.26 Å². The summed E-state index contributed by atoms with van der Waals surface area (Å²) in [7, 11) is 1.49. The average molecular weight is 420 g/mol. The molecular weight excluding hydrogens is 398 g/mol. The van der Waals surface area contributed by atoms with Crippen molar-refractivity contribution in [3.05, 3.63) is 34.9 Å². The second kappa shape index (κ2) is 8.47. The minimum absolute atomic E-state index is 0.0863. The number of methoxy groups -OCH3 is 1. The van der Waals surface area contributed by atoms with Crippen LogP contribution in [0.2, 0.25) is 0 Å². The molecule has 0 aliphatic heterocycles. The van der Waals surface area contributed by atoms with Crippen molar-refractivity contribution in [3.63, 3.8) is 0 Å². The lowest BCUT2D eigenvalue weighted by molar-refractivity contribution is -0.131. The van der Waals surface area contributed by atoms with Crippen molar-refractivity contribution in [3.8, 4) is 11.8 Å². The largest absolute Gasteiger partial charge is 0.480 e. The van der Waals surface area contributed by atoms with Crippen molar-refractivity contribution >= 4 is 32.7 Å². The van der Waals surface area contributed by atoms with E-state index in [4.69, 9.17) is 9.47 Å². The first-order chi connectivity index (χ1) is 12.3. The smallest absolute Gasteiger partial charge is 0.262 e. The lowest BCUT2D eigenvalue weighted by atomic mass is 10.0. The fraction of sp³-hybridized carbons (Fsp3) is 0.421. The predicted octanol–water partition coefficient (Wildman–Crippen LogP) is 3.45. The van der Waals surface area contributed by atoms with Gasteiger partial charge in [0.2, 0.25) is 0 Å². The van der Waals surface area contributed by atoms with E-state index in [9.17, 15) is 10.1 Å². The molecule has 138 valence electrons. The maximum absolute atomic E-state index is 12.7. The van der Waals surface area contributed by atoms with Crippen molar-refractivity contribution in [2.75, 3.05) is 13.7 Å². The van der Waals surface area contributed by atoms with Crippen LogP contribution in [0.25, 0.3) is 10.9 Å². The van der Waals surface area contributed by atoms with Crippen LogP contribution in [0.3, 0.4) is 0 Å². The first-order valence-electron chi connectivity index (χ1n) is 8.22. The number of carbonyl (C=O) groups excluding carboxylic acids is 1. The van der Waals surface area contributed by atoms with Gasteiger partial charge in [-0.25, -0.2) is 0 Å². The minimum Gasteiger partial charge on any atom is -0.480 e. The number of hydrogen-bond acceptors (Lipinski definition) is 5. The molecule has 2 aromatic rings. The number of fused-ring (bicyclic) bond motifs is 1. The Bertz CT molecular complexity index is 834. The normalized spacial score (nSPS) is 14.5. The molecular formula is C19H22BrN3O3. The number of amides is 1. The van der Waals surface area contributed by atoms with Gasteiger partial charge in [-0.15, -0.1) is 0 Å². The first kappa shape index (κ1) is 20.1. The Morgan fingerprint density at radius 3 is 2.77 bits per heavy atom. The topological polar surface area (TPSA) is 84.2 Å². The van der Waals surface area contributed by atoms with E-state index in [-0.39, 0.29) is 18.4 Å². The number of aromatic nitrogens is 1. The summed E-state index contributed by atoms with van der Waals surface area (Å²) in [5.41, 5.74) is -0.274. The molecule has 0 aliphatic rings. The molecule has 0 saturated heterocycles.